The van der Waals surface area contributed by atoms with Crippen LogP contribution in [0.5, 0.6) is 5.75 Å². The average Bonchev–Trinajstić information content (AvgIpc) is 2.45. The third-order valence-electron chi connectivity index (χ3n) is 2.73. The number of nitrogens with zero attached hydrogens (tertiary/aromatic N) is 1. The van der Waals surface area contributed by atoms with Gasteiger partial charge in [-0.2, -0.15) is 0 Å². The topological polar surface area (TPSA) is 52.4 Å². The van der Waals surface area contributed by atoms with Gasteiger partial charge in [0, 0.05) is 28.0 Å². The SMILES string of the molecule is O=[N+]([O-])c1cccc(COc2c(Cl)cc(Cl)cc2CBr)c1. The molecule has 2 aromatic carbocycles. The molecule has 0 N–H and O–H groups in total. The van der Waals surface area contributed by atoms with E-state index >= 15 is 0 Å². The molecule has 0 fully saturated rings. The van der Waals surface area contributed by atoms with Crippen molar-refractivity contribution in [3.63, 3.8) is 0 Å². The fourth-order valence-corrected chi connectivity index (χ4v) is 2.80. The Hall–Kier alpha value is -1.30. The van der Waals surface area contributed by atoms with Gasteiger partial charge in [-0.3, -0.25) is 10.1 Å². The van der Waals surface area contributed by atoms with Crippen molar-refractivity contribution in [3.8, 4) is 5.75 Å². The molecule has 0 saturated heterocycles. The van der Waals surface area contributed by atoms with Crippen molar-refractivity contribution in [2.75, 3.05) is 0 Å². The molecule has 2 rings (SSSR count). The zero-order valence-corrected chi connectivity index (χ0v) is 13.8. The fraction of sp³-hybridized carbons (Fsp3) is 0.143. The second-order valence-electron chi connectivity index (χ2n) is 4.23. The minimum absolute atomic E-state index is 0.0269. The smallest absolute Gasteiger partial charge is 0.269 e. The minimum atomic E-state index is -0.442. The van der Waals surface area contributed by atoms with Crippen molar-refractivity contribution < 1.29 is 9.66 Å². The second kappa shape index (κ2) is 7.11. The lowest BCUT2D eigenvalue weighted by molar-refractivity contribution is -0.384. The molecule has 0 heterocycles. The van der Waals surface area contributed by atoms with Crippen molar-refractivity contribution in [1.29, 1.82) is 0 Å². The van der Waals surface area contributed by atoms with Crippen LogP contribution in [-0.4, -0.2) is 4.92 Å². The summed E-state index contributed by atoms with van der Waals surface area (Å²) in [7, 11) is 0. The molecule has 4 nitrogen and oxygen atoms in total. The molecule has 0 aromatic heterocycles. The van der Waals surface area contributed by atoms with Crippen LogP contribution in [0, 0.1) is 10.1 Å². The first-order chi connectivity index (χ1) is 10.0. The average molecular weight is 391 g/mol. The summed E-state index contributed by atoms with van der Waals surface area (Å²) in [5.41, 5.74) is 1.53. The molecule has 0 aliphatic rings. The van der Waals surface area contributed by atoms with E-state index in [1.165, 1.54) is 12.1 Å². The van der Waals surface area contributed by atoms with Crippen molar-refractivity contribution in [2.24, 2.45) is 0 Å². The van der Waals surface area contributed by atoms with Crippen LogP contribution in [0.4, 0.5) is 5.69 Å². The first-order valence-corrected chi connectivity index (χ1v) is 7.79. The third kappa shape index (κ3) is 4.09. The van der Waals surface area contributed by atoms with E-state index in [1.54, 1.807) is 24.3 Å². The van der Waals surface area contributed by atoms with Gasteiger partial charge in [0.05, 0.1) is 9.95 Å². The zero-order valence-electron chi connectivity index (χ0n) is 10.7. The number of alkyl halides is 1. The molecule has 0 atom stereocenters. The number of nitro benzene ring substituents is 1. The first kappa shape index (κ1) is 16.1. The molecule has 0 amide bonds. The summed E-state index contributed by atoms with van der Waals surface area (Å²) in [6, 6.07) is 9.62. The van der Waals surface area contributed by atoms with E-state index in [1.807, 2.05) is 0 Å². The van der Waals surface area contributed by atoms with Crippen LogP contribution in [0.25, 0.3) is 0 Å². The lowest BCUT2D eigenvalue weighted by Crippen LogP contribution is -1.99. The van der Waals surface area contributed by atoms with E-state index < -0.39 is 4.92 Å². The molecule has 0 saturated carbocycles. The molecule has 0 aliphatic carbocycles. The largest absolute Gasteiger partial charge is 0.487 e. The fourth-order valence-electron chi connectivity index (χ4n) is 1.79. The highest BCUT2D eigenvalue weighted by molar-refractivity contribution is 9.08. The van der Waals surface area contributed by atoms with Gasteiger partial charge in [-0.05, 0) is 17.7 Å². The summed E-state index contributed by atoms with van der Waals surface area (Å²) in [4.78, 5) is 10.3. The molecule has 0 unspecified atom stereocenters. The molecule has 2 aromatic rings. The van der Waals surface area contributed by atoms with E-state index in [9.17, 15) is 10.1 Å². The summed E-state index contributed by atoms with van der Waals surface area (Å²) in [6.45, 7) is 0.184. The van der Waals surface area contributed by atoms with Crippen LogP contribution in [-0.2, 0) is 11.9 Å². The van der Waals surface area contributed by atoms with E-state index in [0.717, 1.165) is 5.56 Å². The zero-order chi connectivity index (χ0) is 15.4. The summed E-state index contributed by atoms with van der Waals surface area (Å²) < 4.78 is 5.69. The Bertz CT molecular complexity index is 679. The number of hydrogen-bond acceptors (Lipinski definition) is 3. The third-order valence-corrected chi connectivity index (χ3v) is 3.84. The number of nitro groups is 1. The van der Waals surface area contributed by atoms with E-state index in [-0.39, 0.29) is 12.3 Å². The summed E-state index contributed by atoms with van der Waals surface area (Å²) in [5, 5.41) is 12.2. The normalized spacial score (nSPS) is 10.4. The Morgan fingerprint density at radius 2 is 2.00 bits per heavy atom. The maximum absolute atomic E-state index is 10.7. The van der Waals surface area contributed by atoms with E-state index in [2.05, 4.69) is 15.9 Å². The molecule has 0 aliphatic heterocycles. The van der Waals surface area contributed by atoms with Gasteiger partial charge in [-0.15, -0.1) is 0 Å². The van der Waals surface area contributed by atoms with Gasteiger partial charge < -0.3 is 4.74 Å². The van der Waals surface area contributed by atoms with Crippen LogP contribution < -0.4 is 4.74 Å². The number of non-ortho nitro benzene ring substituents is 1. The van der Waals surface area contributed by atoms with Crippen LogP contribution in [0.3, 0.4) is 0 Å². The molecule has 0 spiro atoms. The Morgan fingerprint density at radius 1 is 1.24 bits per heavy atom. The molecule has 0 bridgehead atoms. The minimum Gasteiger partial charge on any atom is -0.487 e. The second-order valence-corrected chi connectivity index (χ2v) is 5.63. The van der Waals surface area contributed by atoms with Crippen molar-refractivity contribution >= 4 is 44.8 Å². The molecular weight excluding hydrogens is 381 g/mol. The lowest BCUT2D eigenvalue weighted by Gasteiger charge is -2.12. The van der Waals surface area contributed by atoms with Gasteiger partial charge in [-0.25, -0.2) is 0 Å². The van der Waals surface area contributed by atoms with Crippen molar-refractivity contribution in [3.05, 3.63) is 67.7 Å². The maximum Gasteiger partial charge on any atom is 0.269 e. The van der Waals surface area contributed by atoms with Gasteiger partial charge in [0.15, 0.2) is 0 Å². The maximum atomic E-state index is 10.7. The van der Waals surface area contributed by atoms with Crippen LogP contribution in [0.15, 0.2) is 36.4 Å². The Morgan fingerprint density at radius 3 is 2.67 bits per heavy atom. The number of halogens is 3. The first-order valence-electron chi connectivity index (χ1n) is 5.91. The van der Waals surface area contributed by atoms with Crippen molar-refractivity contribution in [2.45, 2.75) is 11.9 Å². The molecule has 21 heavy (non-hydrogen) atoms. The molecule has 110 valence electrons. The van der Waals surface area contributed by atoms with Crippen LogP contribution >= 0.6 is 39.1 Å². The molecule has 0 radical (unpaired) electrons. The monoisotopic (exact) mass is 389 g/mol. The Labute approximate surface area is 139 Å². The Kier molecular flexibility index (Phi) is 5.45. The highest BCUT2D eigenvalue weighted by atomic mass is 79.9. The highest BCUT2D eigenvalue weighted by Gasteiger charge is 2.11. The van der Waals surface area contributed by atoms with Crippen LogP contribution in [0.2, 0.25) is 10.0 Å². The number of rotatable bonds is 5. The van der Waals surface area contributed by atoms with E-state index in [4.69, 9.17) is 27.9 Å². The standard InChI is InChI=1S/C14H10BrCl2NO3/c15-7-10-5-11(16)6-13(17)14(10)21-8-9-2-1-3-12(4-9)18(19)20/h1-6H,7-8H2. The summed E-state index contributed by atoms with van der Waals surface area (Å²) in [5.74, 6) is 0.518. The Balaban J connectivity index is 2.20. The van der Waals surface area contributed by atoms with Crippen molar-refractivity contribution in [1.82, 2.24) is 0 Å². The molecule has 7 heteroatoms. The lowest BCUT2D eigenvalue weighted by atomic mass is 10.2. The highest BCUT2D eigenvalue weighted by Crippen LogP contribution is 2.34. The van der Waals surface area contributed by atoms with Gasteiger partial charge in [-0.1, -0.05) is 51.3 Å². The quantitative estimate of drug-likeness (QED) is 0.391. The predicted octanol–water partition coefficient (Wildman–Crippen LogP) is 5.38. The van der Waals surface area contributed by atoms with Gasteiger partial charge >= 0.3 is 0 Å². The molecular formula is C14H10BrCl2NO3. The van der Waals surface area contributed by atoms with Gasteiger partial charge in [0.1, 0.15) is 12.4 Å². The number of benzene rings is 2. The predicted molar refractivity (Wildman–Crippen MR) is 86.5 cm³/mol. The van der Waals surface area contributed by atoms with Crippen LogP contribution in [0.1, 0.15) is 11.1 Å². The van der Waals surface area contributed by atoms with E-state index in [0.29, 0.717) is 26.7 Å². The summed E-state index contributed by atoms with van der Waals surface area (Å²) in [6.07, 6.45) is 0. The summed E-state index contributed by atoms with van der Waals surface area (Å²) >= 11 is 15.4. The number of ether oxygens (including phenoxy) is 1. The van der Waals surface area contributed by atoms with Gasteiger partial charge in [0.2, 0.25) is 0 Å². The number of hydrogen-bond donors (Lipinski definition) is 0. The van der Waals surface area contributed by atoms with Gasteiger partial charge in [0.25, 0.3) is 5.69 Å².